The van der Waals surface area contributed by atoms with Crippen LogP contribution in [0.3, 0.4) is 0 Å². The summed E-state index contributed by atoms with van der Waals surface area (Å²) in [5, 5.41) is 2.60. The molecule has 0 unspecified atom stereocenters. The van der Waals surface area contributed by atoms with Crippen molar-refractivity contribution in [3.05, 3.63) is 18.2 Å². The summed E-state index contributed by atoms with van der Waals surface area (Å²) in [5.74, 6) is -0.312. The molecule has 3 rings (SSSR count). The zero-order valence-electron chi connectivity index (χ0n) is 17.4. The highest BCUT2D eigenvalue weighted by Crippen LogP contribution is 2.31. The van der Waals surface area contributed by atoms with E-state index in [4.69, 9.17) is 9.47 Å². The van der Waals surface area contributed by atoms with Crippen molar-refractivity contribution in [1.82, 2.24) is 4.31 Å². The van der Waals surface area contributed by atoms with E-state index in [1.807, 2.05) is 0 Å². The number of hydrogen-bond donors (Lipinski definition) is 1. The second-order valence-corrected chi connectivity index (χ2v) is 9.80. The Morgan fingerprint density at radius 1 is 1.10 bits per heavy atom. The SMILES string of the molecule is COc1ccc(NC(=O)COC(=O)CC2CCCC2)cc1S(=O)(=O)N1CCCCC1. The summed E-state index contributed by atoms with van der Waals surface area (Å²) in [6, 6.07) is 4.46. The first kappa shape index (κ1) is 22.6. The van der Waals surface area contributed by atoms with Gasteiger partial charge in [-0.05, 0) is 49.8 Å². The van der Waals surface area contributed by atoms with Crippen molar-refractivity contribution >= 4 is 27.6 Å². The van der Waals surface area contributed by atoms with Crippen LogP contribution in [-0.4, -0.2) is 51.4 Å². The number of benzene rings is 1. The average Bonchev–Trinajstić information content (AvgIpc) is 3.26. The maximum absolute atomic E-state index is 13.0. The fourth-order valence-corrected chi connectivity index (χ4v) is 5.75. The molecule has 2 fully saturated rings. The summed E-state index contributed by atoms with van der Waals surface area (Å²) < 4.78 is 37.9. The largest absolute Gasteiger partial charge is 0.495 e. The van der Waals surface area contributed by atoms with Crippen molar-refractivity contribution in [3.8, 4) is 5.75 Å². The van der Waals surface area contributed by atoms with E-state index in [9.17, 15) is 18.0 Å². The second-order valence-electron chi connectivity index (χ2n) is 7.89. The third-order valence-electron chi connectivity index (χ3n) is 5.67. The molecule has 0 bridgehead atoms. The van der Waals surface area contributed by atoms with Gasteiger partial charge in [-0.2, -0.15) is 4.31 Å². The predicted molar refractivity (Wildman–Crippen MR) is 112 cm³/mol. The number of esters is 1. The lowest BCUT2D eigenvalue weighted by Crippen LogP contribution is -2.35. The second kappa shape index (κ2) is 10.3. The van der Waals surface area contributed by atoms with Crippen molar-refractivity contribution < 1.29 is 27.5 Å². The van der Waals surface area contributed by atoms with Crippen LogP contribution in [0.15, 0.2) is 23.1 Å². The minimum Gasteiger partial charge on any atom is -0.495 e. The van der Waals surface area contributed by atoms with E-state index >= 15 is 0 Å². The van der Waals surface area contributed by atoms with Crippen LogP contribution in [0, 0.1) is 5.92 Å². The summed E-state index contributed by atoms with van der Waals surface area (Å²) in [6.07, 6.45) is 7.33. The Labute approximate surface area is 178 Å². The molecule has 0 radical (unpaired) electrons. The van der Waals surface area contributed by atoms with E-state index < -0.39 is 22.5 Å². The number of piperidine rings is 1. The molecule has 0 atom stereocenters. The van der Waals surface area contributed by atoms with Crippen molar-refractivity contribution in [2.24, 2.45) is 5.92 Å². The van der Waals surface area contributed by atoms with Crippen molar-refractivity contribution in [2.75, 3.05) is 32.1 Å². The highest BCUT2D eigenvalue weighted by atomic mass is 32.2. The van der Waals surface area contributed by atoms with Crippen LogP contribution in [0.25, 0.3) is 0 Å². The third kappa shape index (κ3) is 5.72. The molecule has 9 heteroatoms. The van der Waals surface area contributed by atoms with Gasteiger partial charge in [0.2, 0.25) is 10.0 Å². The van der Waals surface area contributed by atoms with Crippen molar-refractivity contribution in [1.29, 1.82) is 0 Å². The Hall–Kier alpha value is -2.13. The smallest absolute Gasteiger partial charge is 0.306 e. The molecule has 1 heterocycles. The predicted octanol–water partition coefficient (Wildman–Crippen LogP) is 2.93. The zero-order chi connectivity index (χ0) is 21.6. The van der Waals surface area contributed by atoms with E-state index in [1.54, 1.807) is 6.07 Å². The van der Waals surface area contributed by atoms with E-state index in [0.717, 1.165) is 44.9 Å². The molecule has 166 valence electrons. The monoisotopic (exact) mass is 438 g/mol. The lowest BCUT2D eigenvalue weighted by Gasteiger charge is -2.26. The van der Waals surface area contributed by atoms with Crippen LogP contribution in [0.1, 0.15) is 51.4 Å². The first-order valence-corrected chi connectivity index (χ1v) is 12.0. The molecule has 0 spiro atoms. The Balaban J connectivity index is 1.62. The number of methoxy groups -OCH3 is 1. The Morgan fingerprint density at radius 3 is 2.47 bits per heavy atom. The lowest BCUT2D eigenvalue weighted by molar-refractivity contribution is -0.148. The topological polar surface area (TPSA) is 102 Å². The number of ether oxygens (including phenoxy) is 2. The molecule has 1 aliphatic carbocycles. The molecule has 1 amide bonds. The van der Waals surface area contributed by atoms with Gasteiger partial charge in [0.05, 0.1) is 7.11 Å². The Bertz CT molecular complexity index is 858. The van der Waals surface area contributed by atoms with Gasteiger partial charge in [-0.15, -0.1) is 0 Å². The fourth-order valence-electron chi connectivity index (χ4n) is 4.05. The van der Waals surface area contributed by atoms with Gasteiger partial charge in [0.1, 0.15) is 10.6 Å². The van der Waals surface area contributed by atoms with Crippen molar-refractivity contribution in [3.63, 3.8) is 0 Å². The van der Waals surface area contributed by atoms with Gasteiger partial charge >= 0.3 is 5.97 Å². The maximum atomic E-state index is 13.0. The molecule has 1 aromatic rings. The van der Waals surface area contributed by atoms with Gasteiger partial charge in [0.15, 0.2) is 6.61 Å². The van der Waals surface area contributed by atoms with Crippen LogP contribution in [0.2, 0.25) is 0 Å². The Kier molecular flexibility index (Phi) is 7.71. The number of carbonyl (C=O) groups is 2. The minimum absolute atomic E-state index is 0.0166. The maximum Gasteiger partial charge on any atom is 0.306 e. The van der Waals surface area contributed by atoms with Crippen molar-refractivity contribution in [2.45, 2.75) is 56.3 Å². The summed E-state index contributed by atoms with van der Waals surface area (Å²) in [6.45, 7) is 0.545. The number of carbonyl (C=O) groups excluding carboxylic acids is 2. The third-order valence-corrected chi connectivity index (χ3v) is 7.59. The van der Waals surface area contributed by atoms with Gasteiger partial charge in [-0.3, -0.25) is 9.59 Å². The average molecular weight is 439 g/mol. The first-order valence-electron chi connectivity index (χ1n) is 10.5. The van der Waals surface area contributed by atoms with E-state index in [1.165, 1.54) is 23.5 Å². The van der Waals surface area contributed by atoms with E-state index in [-0.39, 0.29) is 16.6 Å². The molecule has 8 nitrogen and oxygen atoms in total. The summed E-state index contributed by atoms with van der Waals surface area (Å²) in [7, 11) is -2.32. The quantitative estimate of drug-likeness (QED) is 0.626. The van der Waals surface area contributed by atoms with Crippen LogP contribution < -0.4 is 10.1 Å². The molecule has 1 saturated heterocycles. The van der Waals surface area contributed by atoms with Gasteiger partial charge in [-0.25, -0.2) is 8.42 Å². The molecular weight excluding hydrogens is 408 g/mol. The lowest BCUT2D eigenvalue weighted by atomic mass is 10.1. The minimum atomic E-state index is -3.73. The van der Waals surface area contributed by atoms with Gasteiger partial charge in [0.25, 0.3) is 5.91 Å². The number of nitrogens with zero attached hydrogens (tertiary/aromatic N) is 1. The molecule has 1 saturated carbocycles. The van der Waals surface area contributed by atoms with Crippen LogP contribution >= 0.6 is 0 Å². The van der Waals surface area contributed by atoms with E-state index in [2.05, 4.69) is 5.32 Å². The first-order chi connectivity index (χ1) is 14.4. The number of nitrogens with one attached hydrogen (secondary N) is 1. The highest BCUT2D eigenvalue weighted by Gasteiger charge is 2.29. The summed E-state index contributed by atoms with van der Waals surface area (Å²) in [4.78, 5) is 24.1. The summed E-state index contributed by atoms with van der Waals surface area (Å²) in [5.41, 5.74) is 0.309. The zero-order valence-corrected chi connectivity index (χ0v) is 18.2. The molecular formula is C21H30N2O6S. The van der Waals surface area contributed by atoms with Gasteiger partial charge in [0, 0.05) is 25.2 Å². The molecule has 0 aromatic heterocycles. The number of sulfonamides is 1. The number of anilines is 1. The molecule has 1 aromatic carbocycles. The highest BCUT2D eigenvalue weighted by molar-refractivity contribution is 7.89. The number of hydrogen-bond acceptors (Lipinski definition) is 6. The molecule has 1 aliphatic heterocycles. The number of rotatable bonds is 8. The standard InChI is InChI=1S/C21H30N2O6S/c1-28-18-10-9-17(14-19(18)30(26,27)23-11-5-2-6-12-23)22-20(24)15-29-21(25)13-16-7-3-4-8-16/h9-10,14,16H,2-8,11-13,15H2,1H3,(H,22,24). The van der Waals surface area contributed by atoms with E-state index in [0.29, 0.717) is 31.1 Å². The number of amides is 1. The normalized spacial score (nSPS) is 18.2. The molecule has 1 N–H and O–H groups in total. The van der Waals surface area contributed by atoms with Gasteiger partial charge < -0.3 is 14.8 Å². The summed E-state index contributed by atoms with van der Waals surface area (Å²) >= 11 is 0. The fraction of sp³-hybridized carbons (Fsp3) is 0.619. The van der Waals surface area contributed by atoms with Gasteiger partial charge in [-0.1, -0.05) is 19.3 Å². The van der Waals surface area contributed by atoms with Crippen LogP contribution in [0.4, 0.5) is 5.69 Å². The molecule has 30 heavy (non-hydrogen) atoms. The van der Waals surface area contributed by atoms with Crippen LogP contribution in [0.5, 0.6) is 5.75 Å². The Morgan fingerprint density at radius 2 is 1.80 bits per heavy atom. The van der Waals surface area contributed by atoms with Crippen LogP contribution in [-0.2, 0) is 24.3 Å². The molecule has 2 aliphatic rings.